The second-order valence-corrected chi connectivity index (χ2v) is 4.53. The van der Waals surface area contributed by atoms with Crippen LogP contribution in [0.15, 0.2) is 24.3 Å². The van der Waals surface area contributed by atoms with Gasteiger partial charge >= 0.3 is 51.4 Å². The Hall–Kier alpha value is -0.534. The Morgan fingerprint density at radius 3 is 1.84 bits per heavy atom. The summed E-state index contributed by atoms with van der Waals surface area (Å²) in [7, 11) is 0. The van der Waals surface area contributed by atoms with Crippen molar-refractivity contribution >= 4 is 17.8 Å². The second-order valence-electron chi connectivity index (χ2n) is 4.53. The molecule has 94 valence electrons. The number of carbonyl (C=O) groups excluding carboxylic acids is 3. The first-order valence-corrected chi connectivity index (χ1v) is 5.63. The van der Waals surface area contributed by atoms with Crippen molar-refractivity contribution in [1.29, 1.82) is 0 Å². The van der Waals surface area contributed by atoms with Crippen LogP contribution in [0.25, 0.3) is 0 Å². The van der Waals surface area contributed by atoms with Gasteiger partial charge in [-0.05, 0) is 18.1 Å². The van der Waals surface area contributed by atoms with Crippen molar-refractivity contribution in [1.82, 2.24) is 4.90 Å². The second kappa shape index (κ2) is 6.28. The van der Waals surface area contributed by atoms with Gasteiger partial charge < -0.3 is 9.90 Å². The fourth-order valence-corrected chi connectivity index (χ4v) is 2.14. The smallest absolute Gasteiger partial charge is 0.548 e. The van der Waals surface area contributed by atoms with Crippen molar-refractivity contribution in [2.75, 3.05) is 0 Å². The molecule has 0 fully saturated rings. The summed E-state index contributed by atoms with van der Waals surface area (Å²) in [4.78, 5) is 36.0. The number of fused-ring (bicyclic) bond motifs is 1. The van der Waals surface area contributed by atoms with E-state index >= 15 is 0 Å². The van der Waals surface area contributed by atoms with Crippen LogP contribution in [0, 0.1) is 5.92 Å². The molecule has 1 aromatic carbocycles. The molecular formula is C13H12KNO4. The maximum atomic E-state index is 12.1. The van der Waals surface area contributed by atoms with Crippen LogP contribution in [0.4, 0.5) is 0 Å². The average molecular weight is 285 g/mol. The third-order valence-electron chi connectivity index (χ3n) is 2.98. The van der Waals surface area contributed by atoms with E-state index in [0.29, 0.717) is 0 Å². The van der Waals surface area contributed by atoms with E-state index in [1.165, 1.54) is 12.1 Å². The average Bonchev–Trinajstić information content (AvgIpc) is 2.55. The quantitative estimate of drug-likeness (QED) is 0.440. The van der Waals surface area contributed by atoms with E-state index in [-0.39, 0.29) is 62.5 Å². The number of carboxylic acid groups (broad SMARTS) is 1. The molecule has 2 rings (SSSR count). The molecule has 1 atom stereocenters. The van der Waals surface area contributed by atoms with Gasteiger partial charge in [0.2, 0.25) is 0 Å². The molecule has 0 saturated heterocycles. The first-order chi connectivity index (χ1) is 8.45. The molecule has 1 aromatic rings. The first-order valence-electron chi connectivity index (χ1n) is 5.63. The predicted molar refractivity (Wildman–Crippen MR) is 60.6 cm³/mol. The van der Waals surface area contributed by atoms with Crippen molar-refractivity contribution in [3.63, 3.8) is 0 Å². The summed E-state index contributed by atoms with van der Waals surface area (Å²) in [6, 6.07) is 5.07. The van der Waals surface area contributed by atoms with Crippen molar-refractivity contribution in [3.8, 4) is 0 Å². The minimum atomic E-state index is -1.42. The fourth-order valence-electron chi connectivity index (χ4n) is 2.14. The van der Waals surface area contributed by atoms with Gasteiger partial charge in [-0.1, -0.05) is 26.0 Å². The number of imide groups is 1. The Morgan fingerprint density at radius 1 is 1.11 bits per heavy atom. The minimum absolute atomic E-state index is 0. The minimum Gasteiger partial charge on any atom is -0.548 e. The third kappa shape index (κ3) is 2.82. The van der Waals surface area contributed by atoms with Crippen LogP contribution in [-0.2, 0) is 4.79 Å². The van der Waals surface area contributed by atoms with Gasteiger partial charge in [0.25, 0.3) is 11.8 Å². The zero-order valence-electron chi connectivity index (χ0n) is 11.0. The number of hydrogen-bond donors (Lipinski definition) is 0. The van der Waals surface area contributed by atoms with Crippen LogP contribution < -0.4 is 56.5 Å². The Labute approximate surface area is 153 Å². The van der Waals surface area contributed by atoms with Gasteiger partial charge in [0.1, 0.15) is 0 Å². The number of carboxylic acids is 1. The van der Waals surface area contributed by atoms with Crippen molar-refractivity contribution in [2.24, 2.45) is 5.92 Å². The molecular weight excluding hydrogens is 273 g/mol. The molecule has 19 heavy (non-hydrogen) atoms. The molecule has 6 heteroatoms. The van der Waals surface area contributed by atoms with Gasteiger partial charge in [0, 0.05) is 0 Å². The van der Waals surface area contributed by atoms with Crippen LogP contribution >= 0.6 is 0 Å². The zero-order chi connectivity index (χ0) is 13.4. The number of rotatable bonds is 3. The van der Waals surface area contributed by atoms with Gasteiger partial charge in [-0.15, -0.1) is 0 Å². The van der Waals surface area contributed by atoms with E-state index < -0.39 is 29.7 Å². The molecule has 5 nitrogen and oxygen atoms in total. The van der Waals surface area contributed by atoms with Crippen LogP contribution in [0.3, 0.4) is 0 Å². The van der Waals surface area contributed by atoms with E-state index in [1.807, 2.05) is 0 Å². The number of hydrogen-bond acceptors (Lipinski definition) is 4. The molecule has 0 saturated carbocycles. The summed E-state index contributed by atoms with van der Waals surface area (Å²) in [5, 5.41) is 11.1. The Morgan fingerprint density at radius 2 is 1.53 bits per heavy atom. The molecule has 1 unspecified atom stereocenters. The Bertz CT molecular complexity index is 506. The molecule has 0 bridgehead atoms. The molecule has 0 aromatic heterocycles. The summed E-state index contributed by atoms with van der Waals surface area (Å²) in [5.41, 5.74) is 0.490. The molecule has 0 aliphatic carbocycles. The number of amides is 2. The number of aliphatic carboxylic acids is 1. The summed E-state index contributed by atoms with van der Waals surface area (Å²) in [5.74, 6) is -2.96. The van der Waals surface area contributed by atoms with Crippen molar-refractivity contribution in [2.45, 2.75) is 19.9 Å². The summed E-state index contributed by atoms with van der Waals surface area (Å²) in [6.45, 7) is 3.26. The van der Waals surface area contributed by atoms with Gasteiger partial charge in [-0.3, -0.25) is 14.5 Å². The molecule has 0 spiro atoms. The summed E-state index contributed by atoms with van der Waals surface area (Å²) >= 11 is 0. The molecule has 0 N–H and O–H groups in total. The van der Waals surface area contributed by atoms with Crippen LogP contribution in [-0.4, -0.2) is 28.7 Å². The number of carbonyl (C=O) groups is 3. The van der Waals surface area contributed by atoms with Gasteiger partial charge in [0.15, 0.2) is 0 Å². The van der Waals surface area contributed by atoms with E-state index in [1.54, 1.807) is 26.0 Å². The normalized spacial score (nSPS) is 15.2. The number of nitrogens with zero attached hydrogens (tertiary/aromatic N) is 1. The maximum Gasteiger partial charge on any atom is 1.00 e. The van der Waals surface area contributed by atoms with Crippen LogP contribution in [0.5, 0.6) is 0 Å². The summed E-state index contributed by atoms with van der Waals surface area (Å²) in [6.07, 6.45) is 0. The SMILES string of the molecule is CC(C)C(C(=O)[O-])N1C(=O)c2ccccc2C1=O.[K+]. The monoisotopic (exact) mass is 285 g/mol. The molecule has 0 radical (unpaired) electrons. The van der Waals surface area contributed by atoms with Crippen LogP contribution in [0.1, 0.15) is 34.6 Å². The maximum absolute atomic E-state index is 12.1. The standard InChI is InChI=1S/C13H13NO4.K/c1-7(2)10(13(17)18)14-11(15)8-5-3-4-6-9(8)12(14)16;/h3-7,10H,1-2H3,(H,17,18);/q;+1/p-1. The van der Waals surface area contributed by atoms with Gasteiger partial charge in [0.05, 0.1) is 23.1 Å². The van der Waals surface area contributed by atoms with Crippen LogP contribution in [0.2, 0.25) is 0 Å². The largest absolute Gasteiger partial charge is 1.00 e. The van der Waals surface area contributed by atoms with E-state index in [9.17, 15) is 19.5 Å². The fraction of sp³-hybridized carbons (Fsp3) is 0.308. The summed E-state index contributed by atoms with van der Waals surface area (Å²) < 4.78 is 0. The molecule has 1 aliphatic heterocycles. The molecule has 1 aliphatic rings. The van der Waals surface area contributed by atoms with Crippen molar-refractivity contribution in [3.05, 3.63) is 35.4 Å². The third-order valence-corrected chi connectivity index (χ3v) is 2.98. The van der Waals surface area contributed by atoms with Gasteiger partial charge in [-0.2, -0.15) is 0 Å². The number of benzene rings is 1. The van der Waals surface area contributed by atoms with E-state index in [0.717, 1.165) is 4.90 Å². The van der Waals surface area contributed by atoms with Crippen molar-refractivity contribution < 1.29 is 70.9 Å². The zero-order valence-corrected chi connectivity index (χ0v) is 14.2. The first kappa shape index (κ1) is 16.5. The van der Waals surface area contributed by atoms with Gasteiger partial charge in [-0.25, -0.2) is 0 Å². The van der Waals surface area contributed by atoms with E-state index in [2.05, 4.69) is 0 Å². The van der Waals surface area contributed by atoms with E-state index in [4.69, 9.17) is 0 Å². The Balaban J connectivity index is 0.00000180. The predicted octanol–water partition coefficient (Wildman–Crippen LogP) is -2.94. The Kier molecular flexibility index (Phi) is 5.46. The molecule has 2 amide bonds. The topological polar surface area (TPSA) is 77.5 Å². The molecule has 1 heterocycles.